The fraction of sp³-hybridized carbons (Fsp3) is 0.810. The molecule has 5 aliphatic rings. The van der Waals surface area contributed by atoms with E-state index in [1.165, 1.54) is 0 Å². The van der Waals surface area contributed by atoms with Gasteiger partial charge < -0.3 is 4.74 Å². The number of ketones is 1. The highest BCUT2D eigenvalue weighted by Crippen LogP contribution is 2.67. The summed E-state index contributed by atoms with van der Waals surface area (Å²) in [5.41, 5.74) is 0.545. The molecule has 0 aromatic rings. The summed E-state index contributed by atoms with van der Waals surface area (Å²) in [6.07, 6.45) is 5.82. The molecule has 5 rings (SSSR count). The average Bonchev–Trinajstić information content (AvgIpc) is 3.09. The zero-order valence-electron chi connectivity index (χ0n) is 16.8. The van der Waals surface area contributed by atoms with E-state index in [1.807, 2.05) is 0 Å². The van der Waals surface area contributed by atoms with Gasteiger partial charge in [0.25, 0.3) is 0 Å². The van der Waals surface area contributed by atoms with Gasteiger partial charge in [-0.05, 0) is 67.3 Å². The maximum atomic E-state index is 13.5. The molecule has 4 saturated carbocycles. The van der Waals surface area contributed by atoms with Crippen molar-refractivity contribution < 1.29 is 31.5 Å². The highest BCUT2D eigenvalue weighted by Gasteiger charge is 2.65. The Hall–Kier alpha value is -1.25. The molecule has 8 heteroatoms. The first-order chi connectivity index (χ1) is 13.5. The number of hydrogen-bond donors (Lipinski definition) is 1. The van der Waals surface area contributed by atoms with E-state index in [0.717, 1.165) is 31.3 Å². The second-order valence-electron chi connectivity index (χ2n) is 10.3. The Morgan fingerprint density at radius 1 is 1.17 bits per heavy atom. The molecule has 160 valence electrons. The van der Waals surface area contributed by atoms with Crippen molar-refractivity contribution in [3.8, 4) is 0 Å². The van der Waals surface area contributed by atoms with E-state index >= 15 is 0 Å². The molecule has 0 aromatic heterocycles. The van der Waals surface area contributed by atoms with Crippen molar-refractivity contribution in [2.75, 3.05) is 0 Å². The number of ether oxygens (including phenoxy) is 1. The highest BCUT2D eigenvalue weighted by molar-refractivity contribution is 7.80. The monoisotopic (exact) mass is 424 g/mol. The summed E-state index contributed by atoms with van der Waals surface area (Å²) in [6, 6.07) is 0. The molecule has 1 heterocycles. The molecule has 0 radical (unpaired) electrons. The van der Waals surface area contributed by atoms with E-state index in [1.54, 1.807) is 6.08 Å². The Morgan fingerprint density at radius 3 is 2.66 bits per heavy atom. The Kier molecular flexibility index (Phi) is 4.17. The van der Waals surface area contributed by atoms with Gasteiger partial charge >= 0.3 is 16.4 Å². The molecule has 0 amide bonds. The number of carbonyl (C=O) groups is 2. The lowest BCUT2D eigenvalue weighted by Crippen LogP contribution is -2.57. The molecule has 0 aromatic carbocycles. The molecule has 0 unspecified atom stereocenters. The SMILES string of the molecule is C[C@]12CC[C@H](OS(=O)(=O)O)C[C@H]1CC[C@@H]1[C@@H]2C(=O)C[C@]2(C)C3=CC(=O)O[C@@H]3C[C@@H]12. The van der Waals surface area contributed by atoms with Crippen LogP contribution in [0.4, 0.5) is 0 Å². The third-order valence-electron chi connectivity index (χ3n) is 8.96. The Balaban J connectivity index is 1.43. The highest BCUT2D eigenvalue weighted by atomic mass is 32.3. The van der Waals surface area contributed by atoms with Crippen molar-refractivity contribution in [1.29, 1.82) is 0 Å². The third kappa shape index (κ3) is 2.86. The molecular weight excluding hydrogens is 396 g/mol. The standard InChI is InChI=1S/C21H28O7S/c1-20-6-5-12(28-29(24,25)26)7-11(20)3-4-13-14-8-17-15(9-18(23)27-17)21(14,2)10-16(22)19(13)20/h9,11-14,17,19H,3-8,10H2,1-2H3,(H,24,25,26)/t11-,12+,13+,14+,17-,19-,20+,21+/m1/s1. The summed E-state index contributed by atoms with van der Waals surface area (Å²) in [4.78, 5) is 25.2. The van der Waals surface area contributed by atoms with Crippen LogP contribution < -0.4 is 0 Å². The van der Waals surface area contributed by atoms with E-state index in [-0.39, 0.29) is 46.4 Å². The van der Waals surface area contributed by atoms with Gasteiger partial charge in [-0.1, -0.05) is 13.8 Å². The fourth-order valence-corrected chi connectivity index (χ4v) is 8.33. The lowest BCUT2D eigenvalue weighted by atomic mass is 9.44. The molecule has 0 spiro atoms. The van der Waals surface area contributed by atoms with Gasteiger partial charge in [0.2, 0.25) is 0 Å². The average molecular weight is 425 g/mol. The molecule has 4 aliphatic carbocycles. The van der Waals surface area contributed by atoms with Crippen molar-refractivity contribution in [1.82, 2.24) is 0 Å². The number of rotatable bonds is 2. The van der Waals surface area contributed by atoms with Crippen molar-refractivity contribution in [2.45, 2.75) is 71.0 Å². The van der Waals surface area contributed by atoms with Crippen LogP contribution in [-0.2, 0) is 28.9 Å². The van der Waals surface area contributed by atoms with Crippen LogP contribution in [0.25, 0.3) is 0 Å². The zero-order chi connectivity index (χ0) is 20.8. The predicted molar refractivity (Wildman–Crippen MR) is 102 cm³/mol. The molecule has 29 heavy (non-hydrogen) atoms. The summed E-state index contributed by atoms with van der Waals surface area (Å²) in [5, 5.41) is 0. The maximum absolute atomic E-state index is 13.5. The summed E-state index contributed by atoms with van der Waals surface area (Å²) in [6.45, 7) is 4.32. The first kappa shape index (κ1) is 19.7. The Bertz CT molecular complexity index is 908. The van der Waals surface area contributed by atoms with Crippen LogP contribution in [0.5, 0.6) is 0 Å². The normalized spacial score (nSPS) is 48.9. The van der Waals surface area contributed by atoms with E-state index in [0.29, 0.717) is 25.2 Å². The van der Waals surface area contributed by atoms with Crippen LogP contribution >= 0.6 is 0 Å². The first-order valence-electron chi connectivity index (χ1n) is 10.6. The minimum absolute atomic E-state index is 0.0406. The first-order valence-corrected chi connectivity index (χ1v) is 12.0. The number of Topliss-reactive ketones (excluding diaryl/α,β-unsaturated/α-hetero) is 1. The molecule has 1 N–H and O–H groups in total. The van der Waals surface area contributed by atoms with Gasteiger partial charge in [-0.25, -0.2) is 8.98 Å². The van der Waals surface area contributed by atoms with Gasteiger partial charge in [0, 0.05) is 23.8 Å². The second kappa shape index (κ2) is 6.14. The number of hydrogen-bond acceptors (Lipinski definition) is 6. The minimum atomic E-state index is -4.46. The van der Waals surface area contributed by atoms with Gasteiger partial charge in [0.15, 0.2) is 0 Å². The Labute approximate surface area is 171 Å². The van der Waals surface area contributed by atoms with E-state index < -0.39 is 16.5 Å². The topological polar surface area (TPSA) is 107 Å². The molecule has 7 nitrogen and oxygen atoms in total. The van der Waals surface area contributed by atoms with E-state index in [9.17, 15) is 18.0 Å². The van der Waals surface area contributed by atoms with Crippen LogP contribution in [-0.4, -0.2) is 36.9 Å². The van der Waals surface area contributed by atoms with E-state index in [2.05, 4.69) is 13.8 Å². The quantitative estimate of drug-likeness (QED) is 0.536. The van der Waals surface area contributed by atoms with Crippen molar-refractivity contribution in [3.63, 3.8) is 0 Å². The zero-order valence-corrected chi connectivity index (χ0v) is 17.6. The van der Waals surface area contributed by atoms with Crippen LogP contribution in [0.3, 0.4) is 0 Å². The van der Waals surface area contributed by atoms with Crippen molar-refractivity contribution in [2.24, 2.45) is 34.5 Å². The third-order valence-corrected chi connectivity index (χ3v) is 9.47. The molecule has 0 saturated heterocycles. The lowest BCUT2D eigenvalue weighted by Gasteiger charge is -2.59. The van der Waals surface area contributed by atoms with Gasteiger partial charge in [-0.3, -0.25) is 9.35 Å². The van der Waals surface area contributed by atoms with Crippen molar-refractivity contribution in [3.05, 3.63) is 11.6 Å². The predicted octanol–water partition coefficient (Wildman–Crippen LogP) is 2.86. The van der Waals surface area contributed by atoms with Gasteiger partial charge in [-0.2, -0.15) is 8.42 Å². The summed E-state index contributed by atoms with van der Waals surface area (Å²) < 4.78 is 41.7. The summed E-state index contributed by atoms with van der Waals surface area (Å²) in [5.74, 6) is 0.755. The van der Waals surface area contributed by atoms with Gasteiger partial charge in [0.1, 0.15) is 11.9 Å². The number of fused-ring (bicyclic) bond motifs is 7. The largest absolute Gasteiger partial charge is 0.455 e. The van der Waals surface area contributed by atoms with Crippen LogP contribution in [0.2, 0.25) is 0 Å². The molecule has 1 aliphatic heterocycles. The van der Waals surface area contributed by atoms with Crippen molar-refractivity contribution >= 4 is 22.2 Å². The number of carbonyl (C=O) groups excluding carboxylic acids is 2. The summed E-state index contributed by atoms with van der Waals surface area (Å²) >= 11 is 0. The number of esters is 1. The van der Waals surface area contributed by atoms with Crippen LogP contribution in [0, 0.1) is 34.5 Å². The summed E-state index contributed by atoms with van der Waals surface area (Å²) in [7, 11) is -4.46. The van der Waals surface area contributed by atoms with Crippen LogP contribution in [0.15, 0.2) is 11.6 Å². The second-order valence-corrected chi connectivity index (χ2v) is 11.3. The smallest absolute Gasteiger partial charge is 0.397 e. The van der Waals surface area contributed by atoms with Crippen LogP contribution in [0.1, 0.15) is 58.8 Å². The fourth-order valence-electron chi connectivity index (χ4n) is 7.81. The maximum Gasteiger partial charge on any atom is 0.397 e. The van der Waals surface area contributed by atoms with Gasteiger partial charge in [-0.15, -0.1) is 0 Å². The lowest BCUT2D eigenvalue weighted by molar-refractivity contribution is -0.157. The molecule has 8 atom stereocenters. The molecule has 0 bridgehead atoms. The minimum Gasteiger partial charge on any atom is -0.455 e. The van der Waals surface area contributed by atoms with Gasteiger partial charge in [0.05, 0.1) is 6.10 Å². The van der Waals surface area contributed by atoms with E-state index in [4.69, 9.17) is 13.5 Å². The molecular formula is C21H28O7S. The Morgan fingerprint density at radius 2 is 1.93 bits per heavy atom. The molecule has 4 fully saturated rings.